The van der Waals surface area contributed by atoms with Gasteiger partial charge in [-0.05, 0) is 30.3 Å². The van der Waals surface area contributed by atoms with Crippen LogP contribution in [0.25, 0.3) is 0 Å². The van der Waals surface area contributed by atoms with E-state index >= 15 is 0 Å². The molecule has 0 aromatic heterocycles. The molecular formula is C16H14F2N2O5S. The lowest BCUT2D eigenvalue weighted by Gasteiger charge is -2.30. The number of anilines is 1. The van der Waals surface area contributed by atoms with E-state index in [1.54, 1.807) is 0 Å². The summed E-state index contributed by atoms with van der Waals surface area (Å²) in [4.78, 5) is 11.2. The average Bonchev–Trinajstić information content (AvgIpc) is 2.60. The number of halogens is 2. The van der Waals surface area contributed by atoms with Crippen LogP contribution < -0.4 is 19.5 Å². The fourth-order valence-electron chi connectivity index (χ4n) is 2.53. The minimum Gasteiger partial charge on any atom is -0.489 e. The summed E-state index contributed by atoms with van der Waals surface area (Å²) in [5, 5.41) is 0. The van der Waals surface area contributed by atoms with E-state index in [1.165, 1.54) is 36.4 Å². The smallest absolute Gasteiger partial charge is 0.387 e. The molecule has 1 aliphatic heterocycles. The molecule has 1 amide bonds. The Kier molecular flexibility index (Phi) is 4.68. The second-order valence-electron chi connectivity index (χ2n) is 5.33. The zero-order chi connectivity index (χ0) is 18.9. The fourth-order valence-corrected chi connectivity index (χ4v) is 4.02. The van der Waals surface area contributed by atoms with E-state index in [0.29, 0.717) is 0 Å². The third kappa shape index (κ3) is 3.40. The van der Waals surface area contributed by atoms with Crippen molar-refractivity contribution in [1.82, 2.24) is 0 Å². The number of sulfonamides is 1. The van der Waals surface area contributed by atoms with Gasteiger partial charge < -0.3 is 15.2 Å². The van der Waals surface area contributed by atoms with Crippen molar-refractivity contribution in [2.45, 2.75) is 11.5 Å². The minimum atomic E-state index is -4.10. The zero-order valence-electron chi connectivity index (χ0n) is 13.3. The number of nitrogens with two attached hydrogens (primary N) is 1. The van der Waals surface area contributed by atoms with Crippen LogP contribution in [0.15, 0.2) is 47.4 Å². The van der Waals surface area contributed by atoms with Crippen molar-refractivity contribution < 1.29 is 31.5 Å². The molecule has 0 saturated heterocycles. The molecule has 2 N–H and O–H groups in total. The number of ether oxygens (including phenoxy) is 2. The van der Waals surface area contributed by atoms with Crippen molar-refractivity contribution in [2.24, 2.45) is 5.73 Å². The Balaban J connectivity index is 2.04. The number of benzene rings is 2. The Morgan fingerprint density at radius 2 is 2.00 bits per heavy atom. The normalized spacial score (nSPS) is 13.9. The highest BCUT2D eigenvalue weighted by Crippen LogP contribution is 2.36. The third-order valence-corrected chi connectivity index (χ3v) is 5.49. The highest BCUT2D eigenvalue weighted by molar-refractivity contribution is 7.92. The van der Waals surface area contributed by atoms with Gasteiger partial charge in [-0.15, -0.1) is 0 Å². The fraction of sp³-hybridized carbons (Fsp3) is 0.188. The van der Waals surface area contributed by atoms with Gasteiger partial charge in [0.1, 0.15) is 18.1 Å². The molecule has 2 aromatic carbocycles. The molecule has 10 heteroatoms. The summed E-state index contributed by atoms with van der Waals surface area (Å²) < 4.78 is 61.4. The molecule has 0 saturated carbocycles. The zero-order valence-corrected chi connectivity index (χ0v) is 14.1. The minimum absolute atomic E-state index is 0.0164. The number of amides is 1. The van der Waals surface area contributed by atoms with Crippen LogP contribution in [0.1, 0.15) is 10.4 Å². The molecular weight excluding hydrogens is 370 g/mol. The van der Waals surface area contributed by atoms with Crippen LogP contribution in [0, 0.1) is 0 Å². The Hall–Kier alpha value is -2.88. The predicted octanol–water partition coefficient (Wildman–Crippen LogP) is 1.97. The van der Waals surface area contributed by atoms with E-state index in [9.17, 15) is 22.0 Å². The van der Waals surface area contributed by atoms with Crippen LogP contribution in [-0.4, -0.2) is 34.1 Å². The van der Waals surface area contributed by atoms with Crippen molar-refractivity contribution >= 4 is 21.6 Å². The summed E-state index contributed by atoms with van der Waals surface area (Å²) in [5.74, 6) is -0.728. The highest BCUT2D eigenvalue weighted by atomic mass is 32.2. The summed E-state index contributed by atoms with van der Waals surface area (Å²) in [6, 6.07) is 8.99. The van der Waals surface area contributed by atoms with Gasteiger partial charge in [0.2, 0.25) is 5.91 Å². The van der Waals surface area contributed by atoms with Gasteiger partial charge >= 0.3 is 6.61 Å². The number of nitrogens with zero attached hydrogens (tertiary/aromatic N) is 1. The summed E-state index contributed by atoms with van der Waals surface area (Å²) in [5.41, 5.74) is 5.50. The summed E-state index contributed by atoms with van der Waals surface area (Å²) in [6.45, 7) is -3.00. The van der Waals surface area contributed by atoms with Gasteiger partial charge in [0.05, 0.1) is 17.1 Å². The maximum absolute atomic E-state index is 13.0. The third-order valence-electron chi connectivity index (χ3n) is 3.68. The monoisotopic (exact) mass is 384 g/mol. The summed E-state index contributed by atoms with van der Waals surface area (Å²) >= 11 is 0. The molecule has 0 aliphatic carbocycles. The van der Waals surface area contributed by atoms with Gasteiger partial charge in [-0.3, -0.25) is 9.10 Å². The molecule has 0 atom stereocenters. The molecule has 138 valence electrons. The molecule has 7 nitrogen and oxygen atoms in total. The lowest BCUT2D eigenvalue weighted by Crippen LogP contribution is -2.38. The first-order chi connectivity index (χ1) is 12.3. The molecule has 0 unspecified atom stereocenters. The van der Waals surface area contributed by atoms with Gasteiger partial charge in [0.25, 0.3) is 10.0 Å². The molecule has 0 fully saturated rings. The highest BCUT2D eigenvalue weighted by Gasteiger charge is 2.31. The number of rotatable bonds is 5. The number of carbonyl (C=O) groups excluding carboxylic acids is 1. The van der Waals surface area contributed by atoms with Crippen LogP contribution in [0.3, 0.4) is 0 Å². The topological polar surface area (TPSA) is 98.9 Å². The second-order valence-corrected chi connectivity index (χ2v) is 7.19. The Morgan fingerprint density at radius 1 is 1.23 bits per heavy atom. The Morgan fingerprint density at radius 3 is 2.69 bits per heavy atom. The number of primary amides is 1. The number of fused-ring (bicyclic) bond motifs is 1. The van der Waals surface area contributed by atoms with E-state index < -0.39 is 22.5 Å². The number of alkyl halides is 2. The Labute approximate surface area is 148 Å². The van der Waals surface area contributed by atoms with Crippen molar-refractivity contribution in [3.05, 3.63) is 48.0 Å². The van der Waals surface area contributed by atoms with E-state index in [0.717, 1.165) is 10.4 Å². The van der Waals surface area contributed by atoms with Crippen LogP contribution in [-0.2, 0) is 10.0 Å². The van der Waals surface area contributed by atoms with Crippen LogP contribution in [0.5, 0.6) is 11.5 Å². The van der Waals surface area contributed by atoms with Gasteiger partial charge in [-0.25, -0.2) is 8.42 Å². The average molecular weight is 384 g/mol. The first-order valence-electron chi connectivity index (χ1n) is 7.43. The van der Waals surface area contributed by atoms with Gasteiger partial charge in [-0.1, -0.05) is 6.07 Å². The molecule has 0 spiro atoms. The number of hydrogen-bond donors (Lipinski definition) is 1. The van der Waals surface area contributed by atoms with E-state index in [1.807, 2.05) is 0 Å². The first kappa shape index (κ1) is 17.9. The van der Waals surface area contributed by atoms with Gasteiger partial charge in [0.15, 0.2) is 0 Å². The van der Waals surface area contributed by atoms with E-state index in [4.69, 9.17) is 10.5 Å². The van der Waals surface area contributed by atoms with Gasteiger partial charge in [0, 0.05) is 11.6 Å². The van der Waals surface area contributed by atoms with Crippen LogP contribution >= 0.6 is 0 Å². The summed E-state index contributed by atoms with van der Waals surface area (Å²) in [7, 11) is -4.10. The molecule has 0 radical (unpaired) electrons. The lowest BCUT2D eigenvalue weighted by atomic mass is 10.1. The maximum atomic E-state index is 13.0. The number of carbonyl (C=O) groups is 1. The SMILES string of the molecule is NC(=O)c1ccc2c(c1)N(S(=O)(=O)c1cccc(OC(F)F)c1)CCO2. The predicted molar refractivity (Wildman–Crippen MR) is 88.1 cm³/mol. The maximum Gasteiger partial charge on any atom is 0.387 e. The van der Waals surface area contributed by atoms with Crippen molar-refractivity contribution in [3.63, 3.8) is 0 Å². The van der Waals surface area contributed by atoms with Gasteiger partial charge in [-0.2, -0.15) is 8.78 Å². The molecule has 1 heterocycles. The molecule has 26 heavy (non-hydrogen) atoms. The van der Waals surface area contributed by atoms with Crippen LogP contribution in [0.2, 0.25) is 0 Å². The van der Waals surface area contributed by atoms with Crippen molar-refractivity contribution in [3.8, 4) is 11.5 Å². The number of hydrogen-bond acceptors (Lipinski definition) is 5. The molecule has 1 aliphatic rings. The van der Waals surface area contributed by atoms with E-state index in [2.05, 4.69) is 4.74 Å². The summed E-state index contributed by atoms with van der Waals surface area (Å²) in [6.07, 6.45) is 0. The van der Waals surface area contributed by atoms with Crippen LogP contribution in [0.4, 0.5) is 14.5 Å². The van der Waals surface area contributed by atoms with Crippen molar-refractivity contribution in [2.75, 3.05) is 17.5 Å². The standard InChI is InChI=1S/C16H14F2N2O5S/c17-16(18)25-11-2-1-3-12(9-11)26(22,23)20-6-7-24-14-5-4-10(15(19)21)8-13(14)20/h1-5,8-9,16H,6-7H2,(H2,19,21). The van der Waals surface area contributed by atoms with E-state index in [-0.39, 0.29) is 40.8 Å². The quantitative estimate of drug-likeness (QED) is 0.850. The largest absolute Gasteiger partial charge is 0.489 e. The second kappa shape index (κ2) is 6.79. The molecule has 2 aromatic rings. The molecule has 3 rings (SSSR count). The first-order valence-corrected chi connectivity index (χ1v) is 8.87. The lowest BCUT2D eigenvalue weighted by molar-refractivity contribution is -0.0500. The molecule has 0 bridgehead atoms. The van der Waals surface area contributed by atoms with Crippen molar-refractivity contribution in [1.29, 1.82) is 0 Å². The Bertz CT molecular complexity index is 949.